The predicted octanol–water partition coefficient (Wildman–Crippen LogP) is 1.59. The molecule has 0 amide bonds. The van der Waals surface area contributed by atoms with Crippen LogP contribution in [0.3, 0.4) is 0 Å². The molecule has 0 aromatic carbocycles. The van der Waals surface area contributed by atoms with E-state index in [1.165, 1.54) is 6.33 Å². The number of hydrogen-bond acceptors (Lipinski definition) is 5. The molecule has 0 radical (unpaired) electrons. The number of nitrogens with zero attached hydrogens (tertiary/aromatic N) is 7. The van der Waals surface area contributed by atoms with Crippen molar-refractivity contribution in [3.8, 4) is 0 Å². The number of rotatable bonds is 0. The number of hydrogen-bond donors (Lipinski definition) is 0. The summed E-state index contributed by atoms with van der Waals surface area (Å²) in [4.78, 5) is 11.6. The zero-order chi connectivity index (χ0) is 13.4. The Bertz CT molecular complexity index is 446. The van der Waals surface area contributed by atoms with Crippen molar-refractivity contribution in [2.24, 2.45) is 9.98 Å². The zero-order valence-electron chi connectivity index (χ0n) is 11.0. The van der Waals surface area contributed by atoms with Gasteiger partial charge in [0.1, 0.15) is 24.3 Å². The van der Waals surface area contributed by atoms with Gasteiger partial charge in [0.2, 0.25) is 0 Å². The summed E-state index contributed by atoms with van der Waals surface area (Å²) in [6, 6.07) is 1.87. The predicted molar refractivity (Wildman–Crippen MR) is 77.8 cm³/mol. The van der Waals surface area contributed by atoms with Gasteiger partial charge in [0.05, 0.1) is 0 Å². The van der Waals surface area contributed by atoms with Crippen LogP contribution in [0.25, 0.3) is 0 Å². The fourth-order valence-corrected chi connectivity index (χ4v) is 1.04. The average molecular weight is 263 g/mol. The lowest BCUT2D eigenvalue weighted by atomic mass is 10.6. The normalized spacial score (nSPS) is 11.4. The minimum absolute atomic E-state index is 0. The molecule has 0 atom stereocenters. The maximum absolute atomic E-state index is 3.97. The van der Waals surface area contributed by atoms with Crippen molar-refractivity contribution in [3.05, 3.63) is 31.1 Å². The molecule has 19 heavy (non-hydrogen) atoms. The van der Waals surface area contributed by atoms with Gasteiger partial charge in [0.25, 0.3) is 0 Å². The molecule has 0 saturated carbocycles. The van der Waals surface area contributed by atoms with Gasteiger partial charge in [-0.05, 0) is 19.9 Å². The summed E-state index contributed by atoms with van der Waals surface area (Å²) < 4.78 is 3.33. The third-order valence-electron chi connectivity index (χ3n) is 2.23. The Labute approximate surface area is 113 Å². The van der Waals surface area contributed by atoms with Gasteiger partial charge in [-0.2, -0.15) is 10.2 Å². The molecular weight excluding hydrogens is 242 g/mol. The third kappa shape index (κ3) is 5.24. The summed E-state index contributed by atoms with van der Waals surface area (Å²) in [7, 11) is 3.47. The van der Waals surface area contributed by atoms with E-state index in [9.17, 15) is 0 Å². The fraction of sp³-hybridized carbons (Fsp3) is 0.417. The van der Waals surface area contributed by atoms with Gasteiger partial charge < -0.3 is 0 Å². The monoisotopic (exact) mass is 263 g/mol. The smallest absolute Gasteiger partial charge is 0.138 e. The molecule has 7 nitrogen and oxygen atoms in total. The van der Waals surface area contributed by atoms with Crippen LogP contribution in [0.5, 0.6) is 0 Å². The Kier molecular flexibility index (Phi) is 7.67. The van der Waals surface area contributed by atoms with Gasteiger partial charge >= 0.3 is 0 Å². The second kappa shape index (κ2) is 8.73. The lowest BCUT2D eigenvalue weighted by Crippen LogP contribution is -2.06. The van der Waals surface area contributed by atoms with Crippen LogP contribution in [0, 0.1) is 0 Å². The Balaban J connectivity index is 0.000000324. The van der Waals surface area contributed by atoms with Crippen LogP contribution >= 0.6 is 0 Å². The molecule has 2 heterocycles. The minimum Gasteiger partial charge on any atom is -0.274 e. The SMILES string of the molecule is C.CN=C(C)n1cccn1.CN=C(C)n1cncn1. The molecule has 7 heteroatoms. The van der Waals surface area contributed by atoms with E-state index in [1.807, 2.05) is 26.1 Å². The van der Waals surface area contributed by atoms with Crippen LogP contribution in [0.15, 0.2) is 41.1 Å². The Morgan fingerprint density at radius 2 is 1.63 bits per heavy atom. The van der Waals surface area contributed by atoms with Crippen molar-refractivity contribution in [2.75, 3.05) is 14.1 Å². The fourth-order valence-electron chi connectivity index (χ4n) is 1.04. The highest BCUT2D eigenvalue weighted by atomic mass is 15.3. The molecule has 2 rings (SSSR count). The topological polar surface area (TPSA) is 73.2 Å². The van der Waals surface area contributed by atoms with E-state index in [2.05, 4.69) is 25.2 Å². The van der Waals surface area contributed by atoms with Crippen molar-refractivity contribution in [2.45, 2.75) is 21.3 Å². The Morgan fingerprint density at radius 3 is 2.05 bits per heavy atom. The number of aliphatic imine (C=N–C) groups is 2. The van der Waals surface area contributed by atoms with Crippen LogP contribution in [-0.4, -0.2) is 50.3 Å². The summed E-state index contributed by atoms with van der Waals surface area (Å²) in [6.45, 7) is 3.78. The van der Waals surface area contributed by atoms with E-state index in [0.717, 1.165) is 11.7 Å². The second-order valence-corrected chi connectivity index (χ2v) is 3.33. The van der Waals surface area contributed by atoms with Crippen LogP contribution in [0.4, 0.5) is 0 Å². The van der Waals surface area contributed by atoms with Gasteiger partial charge in [-0.3, -0.25) is 9.98 Å². The lowest BCUT2D eigenvalue weighted by molar-refractivity contribution is 0.921. The van der Waals surface area contributed by atoms with Gasteiger partial charge in [-0.25, -0.2) is 14.3 Å². The molecule has 0 saturated heterocycles. The van der Waals surface area contributed by atoms with Crippen LogP contribution in [-0.2, 0) is 0 Å². The first-order valence-corrected chi connectivity index (χ1v) is 5.40. The van der Waals surface area contributed by atoms with Crippen LogP contribution in [0.1, 0.15) is 21.3 Å². The molecule has 0 fully saturated rings. The highest BCUT2D eigenvalue weighted by molar-refractivity contribution is 5.81. The van der Waals surface area contributed by atoms with Crippen LogP contribution in [0.2, 0.25) is 0 Å². The van der Waals surface area contributed by atoms with Crippen molar-refractivity contribution < 1.29 is 0 Å². The summed E-state index contributed by atoms with van der Waals surface area (Å²) >= 11 is 0. The van der Waals surface area contributed by atoms with Crippen molar-refractivity contribution >= 4 is 11.7 Å². The zero-order valence-corrected chi connectivity index (χ0v) is 11.0. The maximum Gasteiger partial charge on any atom is 0.138 e. The molecule has 0 aliphatic rings. The van der Waals surface area contributed by atoms with Crippen molar-refractivity contribution in [1.82, 2.24) is 24.5 Å². The molecule has 104 valence electrons. The van der Waals surface area contributed by atoms with E-state index in [0.29, 0.717) is 0 Å². The summed E-state index contributed by atoms with van der Waals surface area (Å²) in [5, 5.41) is 7.83. The minimum atomic E-state index is 0. The van der Waals surface area contributed by atoms with Crippen molar-refractivity contribution in [3.63, 3.8) is 0 Å². The van der Waals surface area contributed by atoms with E-state index < -0.39 is 0 Å². The van der Waals surface area contributed by atoms with E-state index in [-0.39, 0.29) is 7.43 Å². The molecule has 2 aromatic rings. The summed E-state index contributed by atoms with van der Waals surface area (Å²) in [5.41, 5.74) is 0. The summed E-state index contributed by atoms with van der Waals surface area (Å²) in [5.74, 6) is 1.74. The molecule has 0 aliphatic carbocycles. The lowest BCUT2D eigenvalue weighted by Gasteiger charge is -1.94. The molecule has 0 unspecified atom stereocenters. The first-order valence-electron chi connectivity index (χ1n) is 5.40. The van der Waals surface area contributed by atoms with Gasteiger partial charge in [-0.1, -0.05) is 7.43 Å². The van der Waals surface area contributed by atoms with Crippen LogP contribution < -0.4 is 0 Å². The Morgan fingerprint density at radius 1 is 1.00 bits per heavy atom. The highest BCUT2D eigenvalue weighted by Gasteiger charge is 1.90. The third-order valence-corrected chi connectivity index (χ3v) is 2.23. The molecule has 0 spiro atoms. The molecular formula is C12H21N7. The largest absolute Gasteiger partial charge is 0.274 e. The van der Waals surface area contributed by atoms with E-state index in [4.69, 9.17) is 0 Å². The molecule has 0 aliphatic heterocycles. The Hall–Kier alpha value is -2.31. The summed E-state index contributed by atoms with van der Waals surface area (Å²) in [6.07, 6.45) is 6.69. The molecule has 0 N–H and O–H groups in total. The average Bonchev–Trinajstić information content (AvgIpc) is 3.09. The standard InChI is InChI=1S/C6H9N3.C5H8N4.CH4/c1-6(7-2)9-5-3-4-8-9;1-5(6-2)9-4-7-3-8-9;/h3-5H,1-2H3;3-4H,1-2H3;1H4. The van der Waals surface area contributed by atoms with Gasteiger partial charge in [-0.15, -0.1) is 0 Å². The highest BCUT2D eigenvalue weighted by Crippen LogP contribution is 1.83. The van der Waals surface area contributed by atoms with Gasteiger partial charge in [0.15, 0.2) is 0 Å². The van der Waals surface area contributed by atoms with Gasteiger partial charge in [0, 0.05) is 26.5 Å². The molecule has 2 aromatic heterocycles. The quantitative estimate of drug-likeness (QED) is 0.535. The first-order chi connectivity index (χ1) is 8.69. The van der Waals surface area contributed by atoms with Crippen molar-refractivity contribution in [1.29, 1.82) is 0 Å². The number of aromatic nitrogens is 5. The van der Waals surface area contributed by atoms with E-state index in [1.54, 1.807) is 36.0 Å². The second-order valence-electron chi connectivity index (χ2n) is 3.33. The first kappa shape index (κ1) is 16.7. The van der Waals surface area contributed by atoms with E-state index >= 15 is 0 Å². The maximum atomic E-state index is 3.97. The molecule has 0 bridgehead atoms.